The standard InChI is InChI=1S/C15H13N3OS2/c1-18(11-5-3-2-4-6-11)13(19)9-21-15-14-12(7-8-20-14)16-10-17-15/h2-8,10H,9H2,1H3. The molecule has 0 saturated heterocycles. The number of hydrogen-bond donors (Lipinski definition) is 0. The predicted molar refractivity (Wildman–Crippen MR) is 88.0 cm³/mol. The Labute approximate surface area is 130 Å². The first-order valence-corrected chi connectivity index (χ1v) is 8.25. The Bertz CT molecular complexity index is 758. The van der Waals surface area contributed by atoms with Gasteiger partial charge in [0, 0.05) is 12.7 Å². The summed E-state index contributed by atoms with van der Waals surface area (Å²) in [5.41, 5.74) is 1.83. The first kappa shape index (κ1) is 14.0. The minimum atomic E-state index is 0.0505. The van der Waals surface area contributed by atoms with Gasteiger partial charge in [0.1, 0.15) is 11.4 Å². The van der Waals surface area contributed by atoms with Crippen molar-refractivity contribution < 1.29 is 4.79 Å². The van der Waals surface area contributed by atoms with Crippen LogP contribution < -0.4 is 4.90 Å². The maximum Gasteiger partial charge on any atom is 0.237 e. The summed E-state index contributed by atoms with van der Waals surface area (Å²) in [5.74, 6) is 0.407. The van der Waals surface area contributed by atoms with E-state index in [1.165, 1.54) is 11.8 Å². The molecule has 0 aliphatic carbocycles. The maximum atomic E-state index is 12.3. The molecule has 21 heavy (non-hydrogen) atoms. The Hall–Kier alpha value is -1.92. The van der Waals surface area contributed by atoms with Crippen LogP contribution >= 0.6 is 23.1 Å². The summed E-state index contributed by atoms with van der Waals surface area (Å²) in [4.78, 5) is 22.4. The number of para-hydroxylation sites is 1. The molecule has 0 unspecified atom stereocenters. The fourth-order valence-corrected chi connectivity index (χ4v) is 3.75. The van der Waals surface area contributed by atoms with Crippen LogP contribution in [0.1, 0.15) is 0 Å². The molecule has 0 aliphatic rings. The smallest absolute Gasteiger partial charge is 0.237 e. The molecule has 0 atom stereocenters. The summed E-state index contributed by atoms with van der Waals surface area (Å²) in [6.45, 7) is 0. The van der Waals surface area contributed by atoms with Crippen molar-refractivity contribution in [2.45, 2.75) is 5.03 Å². The maximum absolute atomic E-state index is 12.3. The van der Waals surface area contributed by atoms with Crippen LogP contribution in [-0.4, -0.2) is 28.7 Å². The molecule has 0 N–H and O–H groups in total. The topological polar surface area (TPSA) is 46.1 Å². The summed E-state index contributed by atoms with van der Waals surface area (Å²) in [6.07, 6.45) is 1.54. The monoisotopic (exact) mass is 315 g/mol. The van der Waals surface area contributed by atoms with Gasteiger partial charge >= 0.3 is 0 Å². The average Bonchev–Trinajstić information content (AvgIpc) is 3.02. The lowest BCUT2D eigenvalue weighted by atomic mass is 10.3. The molecule has 0 spiro atoms. The molecule has 1 aromatic carbocycles. The summed E-state index contributed by atoms with van der Waals surface area (Å²) >= 11 is 3.05. The van der Waals surface area contributed by atoms with Gasteiger partial charge in [-0.2, -0.15) is 0 Å². The number of benzene rings is 1. The first-order valence-electron chi connectivity index (χ1n) is 6.38. The molecule has 0 bridgehead atoms. The van der Waals surface area contributed by atoms with Crippen LogP contribution in [0, 0.1) is 0 Å². The second-order valence-electron chi connectivity index (χ2n) is 4.39. The molecular weight excluding hydrogens is 302 g/mol. The minimum absolute atomic E-state index is 0.0505. The first-order chi connectivity index (χ1) is 10.3. The number of nitrogens with zero attached hydrogens (tertiary/aromatic N) is 3. The Morgan fingerprint density at radius 2 is 2.05 bits per heavy atom. The van der Waals surface area contributed by atoms with Gasteiger partial charge in [0.15, 0.2) is 0 Å². The number of thiophene rings is 1. The van der Waals surface area contributed by atoms with E-state index in [-0.39, 0.29) is 5.91 Å². The lowest BCUT2D eigenvalue weighted by Crippen LogP contribution is -2.27. The van der Waals surface area contributed by atoms with Crippen molar-refractivity contribution >= 4 is 44.9 Å². The zero-order valence-electron chi connectivity index (χ0n) is 11.4. The molecule has 2 aromatic heterocycles. The van der Waals surface area contributed by atoms with Gasteiger partial charge in [0.2, 0.25) is 5.91 Å². The Kier molecular flexibility index (Phi) is 4.17. The minimum Gasteiger partial charge on any atom is -0.315 e. The van der Waals surface area contributed by atoms with Crippen molar-refractivity contribution in [1.82, 2.24) is 9.97 Å². The third kappa shape index (κ3) is 3.06. The van der Waals surface area contributed by atoms with E-state index in [9.17, 15) is 4.79 Å². The summed E-state index contributed by atoms with van der Waals surface area (Å²) < 4.78 is 1.04. The molecule has 6 heteroatoms. The fourth-order valence-electron chi connectivity index (χ4n) is 1.89. The van der Waals surface area contributed by atoms with E-state index in [2.05, 4.69) is 9.97 Å². The van der Waals surface area contributed by atoms with E-state index in [4.69, 9.17) is 0 Å². The third-order valence-corrected chi connectivity index (χ3v) is 5.07. The predicted octanol–water partition coefficient (Wildman–Crippen LogP) is 3.45. The number of anilines is 1. The lowest BCUT2D eigenvalue weighted by molar-refractivity contribution is -0.115. The van der Waals surface area contributed by atoms with Crippen LogP contribution in [0.3, 0.4) is 0 Å². The average molecular weight is 315 g/mol. The Balaban J connectivity index is 1.70. The zero-order chi connectivity index (χ0) is 14.7. The molecule has 3 aromatic rings. The molecule has 1 amide bonds. The summed E-state index contributed by atoms with van der Waals surface area (Å²) in [5, 5.41) is 2.85. The van der Waals surface area contributed by atoms with E-state index < -0.39 is 0 Å². The van der Waals surface area contributed by atoms with Crippen LogP contribution in [0.2, 0.25) is 0 Å². The molecule has 0 saturated carbocycles. The van der Waals surface area contributed by atoms with Crippen molar-refractivity contribution in [2.75, 3.05) is 17.7 Å². The van der Waals surface area contributed by atoms with Crippen molar-refractivity contribution in [1.29, 1.82) is 0 Å². The van der Waals surface area contributed by atoms with Crippen LogP contribution in [0.15, 0.2) is 53.1 Å². The highest BCUT2D eigenvalue weighted by Crippen LogP contribution is 2.28. The molecule has 2 heterocycles. The van der Waals surface area contributed by atoms with Crippen LogP contribution in [-0.2, 0) is 4.79 Å². The van der Waals surface area contributed by atoms with Gasteiger partial charge in [-0.3, -0.25) is 4.79 Å². The Morgan fingerprint density at radius 3 is 2.86 bits per heavy atom. The number of hydrogen-bond acceptors (Lipinski definition) is 5. The van der Waals surface area contributed by atoms with E-state index in [1.807, 2.05) is 41.8 Å². The van der Waals surface area contributed by atoms with Gasteiger partial charge in [-0.25, -0.2) is 9.97 Å². The summed E-state index contributed by atoms with van der Waals surface area (Å²) in [7, 11) is 1.79. The number of thioether (sulfide) groups is 1. The van der Waals surface area contributed by atoms with Crippen molar-refractivity contribution in [3.63, 3.8) is 0 Å². The molecule has 106 valence electrons. The highest BCUT2D eigenvalue weighted by Gasteiger charge is 2.13. The lowest BCUT2D eigenvalue weighted by Gasteiger charge is -2.16. The van der Waals surface area contributed by atoms with Crippen molar-refractivity contribution in [3.05, 3.63) is 48.1 Å². The second kappa shape index (κ2) is 6.24. The highest BCUT2D eigenvalue weighted by atomic mass is 32.2. The number of carbonyl (C=O) groups excluding carboxylic acids is 1. The van der Waals surface area contributed by atoms with Crippen LogP contribution in [0.5, 0.6) is 0 Å². The number of aromatic nitrogens is 2. The Morgan fingerprint density at radius 1 is 1.24 bits per heavy atom. The largest absolute Gasteiger partial charge is 0.315 e. The van der Waals surface area contributed by atoms with Gasteiger partial charge in [0.25, 0.3) is 0 Å². The van der Waals surface area contributed by atoms with Crippen molar-refractivity contribution in [2.24, 2.45) is 0 Å². The van der Waals surface area contributed by atoms with Gasteiger partial charge in [-0.1, -0.05) is 30.0 Å². The van der Waals surface area contributed by atoms with Crippen LogP contribution in [0.25, 0.3) is 10.2 Å². The fraction of sp³-hybridized carbons (Fsp3) is 0.133. The molecule has 0 fully saturated rings. The number of carbonyl (C=O) groups is 1. The van der Waals surface area contributed by atoms with E-state index in [1.54, 1.807) is 29.6 Å². The quantitative estimate of drug-likeness (QED) is 0.546. The van der Waals surface area contributed by atoms with Gasteiger partial charge in [-0.05, 0) is 23.6 Å². The molecule has 0 aliphatic heterocycles. The van der Waals surface area contributed by atoms with Gasteiger partial charge in [-0.15, -0.1) is 11.3 Å². The van der Waals surface area contributed by atoms with Gasteiger partial charge in [0.05, 0.1) is 16.0 Å². The normalized spacial score (nSPS) is 10.7. The third-order valence-electron chi connectivity index (χ3n) is 3.06. The summed E-state index contributed by atoms with van der Waals surface area (Å²) in [6, 6.07) is 11.6. The number of fused-ring (bicyclic) bond motifs is 1. The number of rotatable bonds is 4. The number of amides is 1. The molecule has 0 radical (unpaired) electrons. The molecule has 3 rings (SSSR count). The highest BCUT2D eigenvalue weighted by molar-refractivity contribution is 8.00. The van der Waals surface area contributed by atoms with Crippen molar-refractivity contribution in [3.8, 4) is 0 Å². The SMILES string of the molecule is CN(C(=O)CSc1ncnc2ccsc12)c1ccccc1. The molecular formula is C15H13N3OS2. The van der Waals surface area contributed by atoms with E-state index >= 15 is 0 Å². The second-order valence-corrected chi connectivity index (χ2v) is 6.27. The van der Waals surface area contributed by atoms with E-state index in [0.29, 0.717) is 5.75 Å². The van der Waals surface area contributed by atoms with Crippen LogP contribution in [0.4, 0.5) is 5.69 Å². The zero-order valence-corrected chi connectivity index (χ0v) is 13.0. The van der Waals surface area contributed by atoms with Gasteiger partial charge < -0.3 is 4.90 Å². The van der Waals surface area contributed by atoms with E-state index in [0.717, 1.165) is 20.9 Å². The molecule has 4 nitrogen and oxygen atoms in total.